The highest BCUT2D eigenvalue weighted by molar-refractivity contribution is 5.75. The van der Waals surface area contributed by atoms with Gasteiger partial charge in [0.2, 0.25) is 0 Å². The minimum absolute atomic E-state index is 0.537. The SMILES string of the molecule is CCCCCCCCCCCCC[C@H](O)[C@@H](N)C(=O)OC. The second kappa shape index (κ2) is 14.3. The van der Waals surface area contributed by atoms with Crippen molar-refractivity contribution in [2.75, 3.05) is 7.11 Å². The van der Waals surface area contributed by atoms with Crippen LogP contribution in [-0.2, 0) is 9.53 Å². The predicted molar refractivity (Wildman–Crippen MR) is 87.1 cm³/mol. The Morgan fingerprint density at radius 2 is 1.38 bits per heavy atom. The van der Waals surface area contributed by atoms with E-state index >= 15 is 0 Å². The second-order valence-electron chi connectivity index (χ2n) is 5.94. The Morgan fingerprint density at radius 1 is 0.952 bits per heavy atom. The van der Waals surface area contributed by atoms with Gasteiger partial charge in [-0.25, -0.2) is 0 Å². The molecule has 0 aliphatic rings. The average Bonchev–Trinajstić information content (AvgIpc) is 2.50. The molecule has 126 valence electrons. The number of esters is 1. The molecule has 0 amide bonds. The van der Waals surface area contributed by atoms with Gasteiger partial charge in [0, 0.05) is 0 Å². The first-order valence-corrected chi connectivity index (χ1v) is 8.65. The molecule has 3 N–H and O–H groups in total. The third kappa shape index (κ3) is 11.7. The minimum atomic E-state index is -0.905. The van der Waals surface area contributed by atoms with Gasteiger partial charge in [-0.15, -0.1) is 0 Å². The molecule has 0 aliphatic carbocycles. The highest BCUT2D eigenvalue weighted by Gasteiger charge is 2.22. The van der Waals surface area contributed by atoms with Crippen LogP contribution in [0.2, 0.25) is 0 Å². The summed E-state index contributed by atoms with van der Waals surface area (Å²) in [6, 6.07) is -0.905. The first-order valence-electron chi connectivity index (χ1n) is 8.65. The molecule has 2 atom stereocenters. The van der Waals surface area contributed by atoms with Crippen LogP contribution >= 0.6 is 0 Å². The monoisotopic (exact) mass is 301 g/mol. The van der Waals surface area contributed by atoms with Gasteiger partial charge in [-0.2, -0.15) is 0 Å². The quantitative estimate of drug-likeness (QED) is 0.380. The van der Waals surface area contributed by atoms with E-state index < -0.39 is 18.1 Å². The lowest BCUT2D eigenvalue weighted by atomic mass is 10.0. The van der Waals surface area contributed by atoms with Crippen LogP contribution in [0.5, 0.6) is 0 Å². The van der Waals surface area contributed by atoms with Crippen LogP contribution in [0, 0.1) is 0 Å². The summed E-state index contributed by atoms with van der Waals surface area (Å²) in [5.41, 5.74) is 5.58. The van der Waals surface area contributed by atoms with E-state index in [1.807, 2.05) is 0 Å². The summed E-state index contributed by atoms with van der Waals surface area (Å²) in [6.45, 7) is 2.25. The number of methoxy groups -OCH3 is 1. The molecule has 21 heavy (non-hydrogen) atoms. The number of hydrogen-bond acceptors (Lipinski definition) is 4. The number of rotatable bonds is 14. The molecule has 0 spiro atoms. The van der Waals surface area contributed by atoms with Gasteiger partial charge < -0.3 is 15.6 Å². The maximum absolute atomic E-state index is 11.1. The van der Waals surface area contributed by atoms with E-state index in [0.29, 0.717) is 6.42 Å². The molecule has 0 aromatic carbocycles. The molecule has 0 saturated heterocycles. The molecular formula is C17H35NO3. The Kier molecular flexibility index (Phi) is 13.9. The van der Waals surface area contributed by atoms with Crippen molar-refractivity contribution in [3.05, 3.63) is 0 Å². The van der Waals surface area contributed by atoms with E-state index in [1.54, 1.807) is 0 Å². The van der Waals surface area contributed by atoms with Crippen molar-refractivity contribution >= 4 is 5.97 Å². The summed E-state index contributed by atoms with van der Waals surface area (Å²) < 4.78 is 4.52. The lowest BCUT2D eigenvalue weighted by Crippen LogP contribution is -2.42. The van der Waals surface area contributed by atoms with E-state index in [1.165, 1.54) is 64.9 Å². The Labute approximate surface area is 130 Å². The van der Waals surface area contributed by atoms with Crippen LogP contribution in [0.3, 0.4) is 0 Å². The first-order chi connectivity index (χ1) is 10.1. The molecule has 0 aliphatic heterocycles. The molecule has 0 heterocycles. The number of hydrogen-bond donors (Lipinski definition) is 2. The van der Waals surface area contributed by atoms with Crippen molar-refractivity contribution in [2.24, 2.45) is 5.73 Å². The maximum atomic E-state index is 11.1. The molecule has 4 nitrogen and oxygen atoms in total. The van der Waals surface area contributed by atoms with Gasteiger partial charge in [0.1, 0.15) is 6.04 Å². The lowest BCUT2D eigenvalue weighted by Gasteiger charge is -2.16. The lowest BCUT2D eigenvalue weighted by molar-refractivity contribution is -0.145. The normalized spacial score (nSPS) is 13.9. The van der Waals surface area contributed by atoms with Gasteiger partial charge in [-0.1, -0.05) is 77.6 Å². The van der Waals surface area contributed by atoms with Crippen molar-refractivity contribution in [3.8, 4) is 0 Å². The first kappa shape index (κ1) is 20.4. The number of carbonyl (C=O) groups is 1. The summed E-state index contributed by atoms with van der Waals surface area (Å²) in [7, 11) is 1.29. The van der Waals surface area contributed by atoms with E-state index in [9.17, 15) is 9.90 Å². The number of ether oxygens (including phenoxy) is 1. The molecule has 0 saturated carbocycles. The summed E-state index contributed by atoms with van der Waals surface area (Å²) in [5.74, 6) is -0.537. The Morgan fingerprint density at radius 3 is 1.81 bits per heavy atom. The summed E-state index contributed by atoms with van der Waals surface area (Å²) in [5, 5.41) is 9.74. The highest BCUT2D eigenvalue weighted by atomic mass is 16.5. The van der Waals surface area contributed by atoms with Crippen LogP contribution in [-0.4, -0.2) is 30.3 Å². The Hall–Kier alpha value is -0.610. The van der Waals surface area contributed by atoms with Gasteiger partial charge >= 0.3 is 5.97 Å². The zero-order chi connectivity index (χ0) is 15.9. The standard InChI is InChI=1S/C17H35NO3/c1-3-4-5-6-7-8-9-10-11-12-13-14-15(19)16(18)17(20)21-2/h15-16,19H,3-14,18H2,1-2H3/t15-,16+/m0/s1. The van der Waals surface area contributed by atoms with Crippen molar-refractivity contribution in [1.29, 1.82) is 0 Å². The van der Waals surface area contributed by atoms with Gasteiger partial charge in [-0.3, -0.25) is 4.79 Å². The minimum Gasteiger partial charge on any atom is -0.468 e. The maximum Gasteiger partial charge on any atom is 0.325 e. The predicted octanol–water partition coefficient (Wildman–Crippen LogP) is 3.55. The van der Waals surface area contributed by atoms with E-state index in [4.69, 9.17) is 5.73 Å². The number of aliphatic hydroxyl groups excluding tert-OH is 1. The third-order valence-electron chi connectivity index (χ3n) is 3.99. The average molecular weight is 301 g/mol. The van der Waals surface area contributed by atoms with Gasteiger partial charge in [-0.05, 0) is 6.42 Å². The fraction of sp³-hybridized carbons (Fsp3) is 0.941. The molecule has 0 rings (SSSR count). The van der Waals surface area contributed by atoms with Crippen LogP contribution in [0.4, 0.5) is 0 Å². The number of aliphatic hydroxyl groups is 1. The van der Waals surface area contributed by atoms with Gasteiger partial charge in [0.25, 0.3) is 0 Å². The van der Waals surface area contributed by atoms with Crippen molar-refractivity contribution < 1.29 is 14.6 Å². The van der Waals surface area contributed by atoms with Crippen molar-refractivity contribution in [3.63, 3.8) is 0 Å². The van der Waals surface area contributed by atoms with E-state index in [2.05, 4.69) is 11.7 Å². The molecular weight excluding hydrogens is 266 g/mol. The summed E-state index contributed by atoms with van der Waals surface area (Å²) >= 11 is 0. The second-order valence-corrected chi connectivity index (χ2v) is 5.94. The largest absolute Gasteiger partial charge is 0.468 e. The summed E-state index contributed by atoms with van der Waals surface area (Å²) in [6.07, 6.45) is 13.8. The van der Waals surface area contributed by atoms with E-state index in [-0.39, 0.29) is 0 Å². The zero-order valence-corrected chi connectivity index (χ0v) is 14.0. The highest BCUT2D eigenvalue weighted by Crippen LogP contribution is 2.13. The van der Waals surface area contributed by atoms with Crippen molar-refractivity contribution in [1.82, 2.24) is 0 Å². The fourth-order valence-electron chi connectivity index (χ4n) is 2.49. The molecule has 0 radical (unpaired) electrons. The number of nitrogens with two attached hydrogens (primary N) is 1. The molecule has 0 unspecified atom stereocenters. The Balaban J connectivity index is 3.30. The third-order valence-corrected chi connectivity index (χ3v) is 3.99. The smallest absolute Gasteiger partial charge is 0.325 e. The van der Waals surface area contributed by atoms with Gasteiger partial charge in [0.15, 0.2) is 0 Å². The van der Waals surface area contributed by atoms with E-state index in [0.717, 1.165) is 12.8 Å². The Bertz CT molecular complexity index is 246. The zero-order valence-electron chi connectivity index (χ0n) is 14.0. The van der Waals surface area contributed by atoms with Crippen LogP contribution in [0.25, 0.3) is 0 Å². The molecule has 4 heteroatoms. The molecule has 0 aromatic heterocycles. The molecule has 0 aromatic rings. The molecule has 0 bridgehead atoms. The van der Waals surface area contributed by atoms with Crippen LogP contribution in [0.1, 0.15) is 84.0 Å². The van der Waals surface area contributed by atoms with Crippen LogP contribution < -0.4 is 5.73 Å². The number of carbonyl (C=O) groups excluding carboxylic acids is 1. The topological polar surface area (TPSA) is 72.5 Å². The molecule has 0 fully saturated rings. The van der Waals surface area contributed by atoms with Crippen LogP contribution in [0.15, 0.2) is 0 Å². The summed E-state index contributed by atoms with van der Waals surface area (Å²) in [4.78, 5) is 11.1. The fourth-order valence-corrected chi connectivity index (χ4v) is 2.49. The van der Waals surface area contributed by atoms with Crippen molar-refractivity contribution in [2.45, 2.75) is 96.1 Å². The number of unbranched alkanes of at least 4 members (excludes halogenated alkanes) is 10. The van der Waals surface area contributed by atoms with Gasteiger partial charge in [0.05, 0.1) is 13.2 Å².